The van der Waals surface area contributed by atoms with Gasteiger partial charge >= 0.3 is 0 Å². The number of benzene rings is 3. The molecule has 4 N–H and O–H groups in total. The van der Waals surface area contributed by atoms with Crippen molar-refractivity contribution in [2.75, 3.05) is 42.7 Å². The molecule has 10 heteroatoms. The highest BCUT2D eigenvalue weighted by Crippen LogP contribution is 2.32. The fourth-order valence-electron chi connectivity index (χ4n) is 3.63. The maximum absolute atomic E-state index is 12.3. The number of fused-ring (bicyclic) bond motifs is 1. The van der Waals surface area contributed by atoms with Crippen molar-refractivity contribution in [2.24, 2.45) is 0 Å². The molecule has 0 aliphatic rings. The zero-order valence-corrected chi connectivity index (χ0v) is 22.5. The highest BCUT2D eigenvalue weighted by molar-refractivity contribution is 8.00. The third-order valence-electron chi connectivity index (χ3n) is 5.56. The lowest BCUT2D eigenvalue weighted by molar-refractivity contribution is -0.115. The summed E-state index contributed by atoms with van der Waals surface area (Å²) in [7, 11) is 3.22. The van der Waals surface area contributed by atoms with Crippen LogP contribution in [0.4, 0.5) is 23.0 Å². The van der Waals surface area contributed by atoms with Crippen LogP contribution in [0.2, 0.25) is 0 Å². The van der Waals surface area contributed by atoms with Gasteiger partial charge in [-0.3, -0.25) is 4.79 Å². The summed E-state index contributed by atoms with van der Waals surface area (Å²) in [6.45, 7) is 3.24. The Labute approximate surface area is 226 Å². The highest BCUT2D eigenvalue weighted by atomic mass is 32.2. The van der Waals surface area contributed by atoms with Gasteiger partial charge < -0.3 is 30.1 Å². The predicted molar refractivity (Wildman–Crippen MR) is 155 cm³/mol. The molecule has 0 aliphatic carbocycles. The minimum Gasteiger partial charge on any atom is -0.497 e. The number of nitrogens with one attached hydrogen (secondary N) is 4. The lowest BCUT2D eigenvalue weighted by Crippen LogP contribution is -2.28. The number of carbonyl (C=O) groups excluding carboxylic acids is 1. The standard InChI is InChI=1S/C28H32N6O3S/c1-4-5-13-29-18-26(35)30-19-9-8-10-23(16-19)38-34-28-27(32-24-11-6-7-12-25(24)33-28)31-20-14-21(36-2)17-22(15-20)37-3/h6-12,14-17,29H,4-5,13,18H2,1-3H3,(H,30,35)(H,31,32)(H,33,34). The van der Waals surface area contributed by atoms with Crippen LogP contribution in [0.25, 0.3) is 11.0 Å². The number of anilines is 4. The van der Waals surface area contributed by atoms with Crippen molar-refractivity contribution in [3.8, 4) is 11.5 Å². The average molecular weight is 533 g/mol. The molecule has 0 aliphatic heterocycles. The second-order valence-corrected chi connectivity index (χ2v) is 9.33. The number of para-hydroxylation sites is 2. The fourth-order valence-corrected chi connectivity index (χ4v) is 4.32. The van der Waals surface area contributed by atoms with Crippen LogP contribution < -0.4 is 30.1 Å². The van der Waals surface area contributed by atoms with Crippen LogP contribution in [0.3, 0.4) is 0 Å². The van der Waals surface area contributed by atoms with Crippen LogP contribution >= 0.6 is 11.9 Å². The first-order valence-corrected chi connectivity index (χ1v) is 13.2. The van der Waals surface area contributed by atoms with Gasteiger partial charge in [0.15, 0.2) is 11.6 Å². The first-order chi connectivity index (χ1) is 18.6. The minimum absolute atomic E-state index is 0.0724. The van der Waals surface area contributed by atoms with Gasteiger partial charge in [0.25, 0.3) is 0 Å². The first-order valence-electron chi connectivity index (χ1n) is 12.4. The Bertz CT molecular complexity index is 1360. The highest BCUT2D eigenvalue weighted by Gasteiger charge is 2.12. The second kappa shape index (κ2) is 13.5. The Morgan fingerprint density at radius 2 is 1.58 bits per heavy atom. The van der Waals surface area contributed by atoms with E-state index >= 15 is 0 Å². The molecule has 4 aromatic rings. The number of hydrogen-bond acceptors (Lipinski definition) is 9. The molecule has 3 aromatic carbocycles. The Kier molecular flexibility index (Phi) is 9.60. The largest absolute Gasteiger partial charge is 0.497 e. The fraction of sp³-hybridized carbons (Fsp3) is 0.250. The van der Waals surface area contributed by atoms with Crippen LogP contribution in [0.1, 0.15) is 19.8 Å². The summed E-state index contributed by atoms with van der Waals surface area (Å²) in [5.41, 5.74) is 3.00. The molecule has 38 heavy (non-hydrogen) atoms. The first kappa shape index (κ1) is 27.0. The number of unbranched alkanes of at least 4 members (excludes halogenated alkanes) is 1. The molecule has 0 atom stereocenters. The molecule has 4 rings (SSSR count). The number of rotatable bonds is 13. The van der Waals surface area contributed by atoms with Crippen molar-refractivity contribution in [2.45, 2.75) is 24.7 Å². The van der Waals surface area contributed by atoms with Crippen molar-refractivity contribution in [3.63, 3.8) is 0 Å². The van der Waals surface area contributed by atoms with E-state index in [1.165, 1.54) is 11.9 Å². The van der Waals surface area contributed by atoms with Gasteiger partial charge in [0.1, 0.15) is 11.5 Å². The molecular formula is C28H32N6O3S. The van der Waals surface area contributed by atoms with E-state index in [0.29, 0.717) is 23.1 Å². The van der Waals surface area contributed by atoms with Crippen molar-refractivity contribution in [1.82, 2.24) is 15.3 Å². The van der Waals surface area contributed by atoms with E-state index < -0.39 is 0 Å². The molecule has 1 heterocycles. The summed E-state index contributed by atoms with van der Waals surface area (Å²) in [5.74, 6) is 2.35. The average Bonchev–Trinajstić information content (AvgIpc) is 2.94. The predicted octanol–water partition coefficient (Wildman–Crippen LogP) is 5.84. The van der Waals surface area contributed by atoms with Gasteiger partial charge in [-0.05, 0) is 55.2 Å². The van der Waals surface area contributed by atoms with E-state index in [0.717, 1.165) is 46.7 Å². The van der Waals surface area contributed by atoms with Crippen LogP contribution in [0.15, 0.2) is 71.6 Å². The number of aromatic nitrogens is 2. The summed E-state index contributed by atoms with van der Waals surface area (Å²) in [6, 6.07) is 20.9. The van der Waals surface area contributed by atoms with Gasteiger partial charge in [-0.15, -0.1) is 0 Å². The molecule has 0 fully saturated rings. The molecule has 198 valence electrons. The summed E-state index contributed by atoms with van der Waals surface area (Å²) in [6.07, 6.45) is 2.14. The van der Waals surface area contributed by atoms with E-state index in [1.54, 1.807) is 20.3 Å². The zero-order valence-electron chi connectivity index (χ0n) is 21.7. The van der Waals surface area contributed by atoms with E-state index in [-0.39, 0.29) is 12.5 Å². The Morgan fingerprint density at radius 1 is 0.868 bits per heavy atom. The van der Waals surface area contributed by atoms with E-state index in [1.807, 2.05) is 60.7 Å². The molecule has 0 saturated carbocycles. The van der Waals surface area contributed by atoms with Crippen LogP contribution in [-0.2, 0) is 4.79 Å². The van der Waals surface area contributed by atoms with E-state index in [4.69, 9.17) is 19.4 Å². The topological polar surface area (TPSA) is 109 Å². The number of ether oxygens (including phenoxy) is 2. The minimum atomic E-state index is -0.0724. The summed E-state index contributed by atoms with van der Waals surface area (Å²) >= 11 is 1.38. The van der Waals surface area contributed by atoms with Gasteiger partial charge in [-0.2, -0.15) is 0 Å². The van der Waals surface area contributed by atoms with Gasteiger partial charge in [0.05, 0.1) is 31.8 Å². The van der Waals surface area contributed by atoms with Crippen molar-refractivity contribution >= 4 is 51.9 Å². The third-order valence-corrected chi connectivity index (χ3v) is 6.35. The maximum Gasteiger partial charge on any atom is 0.238 e. The number of hydrogen-bond donors (Lipinski definition) is 4. The lowest BCUT2D eigenvalue weighted by atomic mass is 10.2. The van der Waals surface area contributed by atoms with Crippen molar-refractivity contribution in [3.05, 3.63) is 66.7 Å². The third kappa shape index (κ3) is 7.50. The number of methoxy groups -OCH3 is 2. The van der Waals surface area contributed by atoms with Crippen LogP contribution in [0.5, 0.6) is 11.5 Å². The van der Waals surface area contributed by atoms with Crippen LogP contribution in [0, 0.1) is 0 Å². The van der Waals surface area contributed by atoms with Crippen LogP contribution in [-0.4, -0.2) is 43.2 Å². The molecule has 0 saturated heterocycles. The molecular weight excluding hydrogens is 500 g/mol. The number of nitrogens with zero attached hydrogens (tertiary/aromatic N) is 2. The van der Waals surface area contributed by atoms with Gasteiger partial charge in [0, 0.05) is 34.5 Å². The zero-order chi connectivity index (χ0) is 26.7. The monoisotopic (exact) mass is 532 g/mol. The molecule has 0 bridgehead atoms. The SMILES string of the molecule is CCCCNCC(=O)Nc1cccc(SNc2nc3ccccc3nc2Nc2cc(OC)cc(OC)c2)c1. The lowest BCUT2D eigenvalue weighted by Gasteiger charge is -2.15. The van der Waals surface area contributed by atoms with Gasteiger partial charge in [-0.1, -0.05) is 31.5 Å². The normalized spacial score (nSPS) is 10.7. The smallest absolute Gasteiger partial charge is 0.238 e. The van der Waals surface area contributed by atoms with Gasteiger partial charge in [-0.25, -0.2) is 9.97 Å². The summed E-state index contributed by atoms with van der Waals surface area (Å²) < 4.78 is 14.1. The summed E-state index contributed by atoms with van der Waals surface area (Å²) in [4.78, 5) is 22.8. The molecule has 0 unspecified atom stereocenters. The Balaban J connectivity index is 1.51. The molecule has 0 spiro atoms. The maximum atomic E-state index is 12.3. The molecule has 1 amide bonds. The number of amides is 1. The van der Waals surface area contributed by atoms with E-state index in [2.05, 4.69) is 27.6 Å². The Hall–Kier alpha value is -4.02. The molecule has 0 radical (unpaired) electrons. The molecule has 9 nitrogen and oxygen atoms in total. The summed E-state index contributed by atoms with van der Waals surface area (Å²) in [5, 5.41) is 9.44. The quantitative estimate of drug-likeness (QED) is 0.125. The van der Waals surface area contributed by atoms with E-state index in [9.17, 15) is 4.79 Å². The van der Waals surface area contributed by atoms with Crippen molar-refractivity contribution < 1.29 is 14.3 Å². The van der Waals surface area contributed by atoms with Gasteiger partial charge in [0.2, 0.25) is 5.91 Å². The second-order valence-electron chi connectivity index (χ2n) is 8.45. The molecule has 1 aromatic heterocycles. The van der Waals surface area contributed by atoms with Crippen molar-refractivity contribution in [1.29, 1.82) is 0 Å². The Morgan fingerprint density at radius 3 is 2.26 bits per heavy atom. The number of carbonyl (C=O) groups is 1.